The van der Waals surface area contributed by atoms with Gasteiger partial charge in [0, 0.05) is 18.7 Å². The van der Waals surface area contributed by atoms with Crippen LogP contribution in [-0.4, -0.2) is 15.0 Å². The topological polar surface area (TPSA) is 57.6 Å². The number of imidazole rings is 1. The van der Waals surface area contributed by atoms with Gasteiger partial charge in [-0.2, -0.15) is 0 Å². The third kappa shape index (κ3) is 1.45. The van der Waals surface area contributed by atoms with Gasteiger partial charge in [-0.05, 0) is 30.4 Å². The van der Waals surface area contributed by atoms with E-state index in [0.29, 0.717) is 10.7 Å². The molecular formula is C11H9N3OS. The molecule has 2 aromatic heterocycles. The molecular weight excluding hydrogens is 222 g/mol. The Kier molecular flexibility index (Phi) is 1.94. The molecule has 0 atom stereocenters. The molecule has 0 unspecified atom stereocenters. The zero-order valence-corrected chi connectivity index (χ0v) is 9.39. The first-order valence-electron chi connectivity index (χ1n) is 4.87. The van der Waals surface area contributed by atoms with E-state index in [4.69, 9.17) is 16.6 Å². The van der Waals surface area contributed by atoms with Crippen LogP contribution in [0.1, 0.15) is 5.89 Å². The molecule has 0 radical (unpaired) electrons. The lowest BCUT2D eigenvalue weighted by Crippen LogP contribution is -1.77. The summed E-state index contributed by atoms with van der Waals surface area (Å²) < 4.78 is 6.03. The van der Waals surface area contributed by atoms with Gasteiger partial charge in [0.1, 0.15) is 5.52 Å². The Morgan fingerprint density at radius 3 is 3.00 bits per heavy atom. The number of H-pyrrole nitrogens is 2. The van der Waals surface area contributed by atoms with Crippen LogP contribution in [0.5, 0.6) is 0 Å². The minimum absolute atomic E-state index is 0.617. The third-order valence-electron chi connectivity index (χ3n) is 2.40. The monoisotopic (exact) mass is 231 g/mol. The maximum atomic E-state index is 5.41. The third-order valence-corrected chi connectivity index (χ3v) is 2.62. The van der Waals surface area contributed by atoms with Gasteiger partial charge < -0.3 is 14.4 Å². The Morgan fingerprint density at radius 2 is 2.25 bits per heavy atom. The number of nitrogens with one attached hydrogen (secondary N) is 2. The Hall–Kier alpha value is -1.88. The van der Waals surface area contributed by atoms with Crippen LogP contribution < -0.4 is 0 Å². The van der Waals surface area contributed by atoms with Crippen LogP contribution in [-0.2, 0) is 0 Å². The SMILES string of the molecule is Cc1nc2cc(-c3c[nH]c(=S)[nH]3)ccc2o1. The number of hydrogen-bond acceptors (Lipinski definition) is 3. The average Bonchev–Trinajstić information content (AvgIpc) is 2.81. The molecule has 0 amide bonds. The molecule has 0 bridgehead atoms. The smallest absolute Gasteiger partial charge is 0.192 e. The van der Waals surface area contributed by atoms with Crippen molar-refractivity contribution in [2.45, 2.75) is 6.92 Å². The van der Waals surface area contributed by atoms with Crippen molar-refractivity contribution in [3.63, 3.8) is 0 Å². The number of aromatic amines is 2. The highest BCUT2D eigenvalue weighted by atomic mass is 32.1. The van der Waals surface area contributed by atoms with Crippen molar-refractivity contribution >= 4 is 23.3 Å². The fourth-order valence-corrected chi connectivity index (χ4v) is 1.87. The minimum atomic E-state index is 0.617. The van der Waals surface area contributed by atoms with Gasteiger partial charge in [0.15, 0.2) is 16.2 Å². The minimum Gasteiger partial charge on any atom is -0.441 e. The van der Waals surface area contributed by atoms with E-state index in [0.717, 1.165) is 22.4 Å². The molecule has 0 saturated carbocycles. The highest BCUT2D eigenvalue weighted by Gasteiger charge is 2.05. The Bertz CT molecular complexity index is 707. The van der Waals surface area contributed by atoms with Gasteiger partial charge >= 0.3 is 0 Å². The summed E-state index contributed by atoms with van der Waals surface area (Å²) in [5, 5.41) is 0. The standard InChI is InChI=1S/C11H9N3OS/c1-6-13-8-4-7(2-3-10(8)15-6)9-5-12-11(16)14-9/h2-5H,1H3,(H2,12,14,16). The number of aromatic nitrogens is 3. The van der Waals surface area contributed by atoms with Gasteiger partial charge in [-0.1, -0.05) is 0 Å². The van der Waals surface area contributed by atoms with Gasteiger partial charge in [-0.25, -0.2) is 4.98 Å². The van der Waals surface area contributed by atoms with Gasteiger partial charge in [0.2, 0.25) is 0 Å². The highest BCUT2D eigenvalue weighted by molar-refractivity contribution is 7.71. The molecule has 2 N–H and O–H groups in total. The first-order valence-corrected chi connectivity index (χ1v) is 5.28. The van der Waals surface area contributed by atoms with Crippen molar-refractivity contribution in [2.24, 2.45) is 0 Å². The molecule has 4 nitrogen and oxygen atoms in total. The number of rotatable bonds is 1. The maximum Gasteiger partial charge on any atom is 0.192 e. The normalized spacial score (nSPS) is 11.1. The second kappa shape index (κ2) is 3.31. The lowest BCUT2D eigenvalue weighted by molar-refractivity contribution is 0.561. The molecule has 5 heteroatoms. The van der Waals surface area contributed by atoms with Gasteiger partial charge in [-0.15, -0.1) is 0 Å². The first kappa shape index (κ1) is 9.35. The van der Waals surface area contributed by atoms with Gasteiger partial charge in [0.05, 0.1) is 5.69 Å². The molecule has 0 saturated heterocycles. The predicted octanol–water partition coefficient (Wildman–Crippen LogP) is 3.19. The molecule has 80 valence electrons. The number of nitrogens with zero attached hydrogens (tertiary/aromatic N) is 1. The molecule has 0 spiro atoms. The zero-order valence-electron chi connectivity index (χ0n) is 8.57. The number of hydrogen-bond donors (Lipinski definition) is 2. The summed E-state index contributed by atoms with van der Waals surface area (Å²) in [6, 6.07) is 5.86. The Labute approximate surface area is 96.3 Å². The molecule has 0 fully saturated rings. The van der Waals surface area contributed by atoms with E-state index in [-0.39, 0.29) is 0 Å². The summed E-state index contributed by atoms with van der Waals surface area (Å²) >= 11 is 4.99. The fourth-order valence-electron chi connectivity index (χ4n) is 1.70. The number of aryl methyl sites for hydroxylation is 1. The Morgan fingerprint density at radius 1 is 1.38 bits per heavy atom. The second-order valence-electron chi connectivity index (χ2n) is 3.57. The maximum absolute atomic E-state index is 5.41. The van der Waals surface area contributed by atoms with Crippen LogP contribution in [0.25, 0.3) is 22.4 Å². The fraction of sp³-hybridized carbons (Fsp3) is 0.0909. The van der Waals surface area contributed by atoms with E-state index in [1.807, 2.05) is 31.3 Å². The summed E-state index contributed by atoms with van der Waals surface area (Å²) in [5.74, 6) is 0.675. The highest BCUT2D eigenvalue weighted by Crippen LogP contribution is 2.22. The van der Waals surface area contributed by atoms with Crippen LogP contribution >= 0.6 is 12.2 Å². The Balaban J connectivity index is 2.21. The molecule has 0 aliphatic heterocycles. The summed E-state index contributed by atoms with van der Waals surface area (Å²) in [6.45, 7) is 1.84. The lowest BCUT2D eigenvalue weighted by atomic mass is 10.1. The summed E-state index contributed by atoms with van der Waals surface area (Å²) in [5.41, 5.74) is 3.65. The summed E-state index contributed by atoms with van der Waals surface area (Å²) in [7, 11) is 0. The van der Waals surface area contributed by atoms with E-state index >= 15 is 0 Å². The van der Waals surface area contributed by atoms with Crippen LogP contribution in [0.15, 0.2) is 28.8 Å². The lowest BCUT2D eigenvalue weighted by Gasteiger charge is -1.95. The van der Waals surface area contributed by atoms with Gasteiger partial charge in [0.25, 0.3) is 0 Å². The summed E-state index contributed by atoms with van der Waals surface area (Å²) in [6.07, 6.45) is 1.84. The number of benzene rings is 1. The van der Waals surface area contributed by atoms with Crippen LogP contribution in [0, 0.1) is 11.7 Å². The van der Waals surface area contributed by atoms with Crippen LogP contribution in [0.3, 0.4) is 0 Å². The molecule has 0 aliphatic rings. The van der Waals surface area contributed by atoms with Crippen molar-refractivity contribution in [3.05, 3.63) is 35.1 Å². The molecule has 3 rings (SSSR count). The number of oxazole rings is 1. The molecule has 2 heterocycles. The second-order valence-corrected chi connectivity index (χ2v) is 3.98. The largest absolute Gasteiger partial charge is 0.441 e. The van der Waals surface area contributed by atoms with Gasteiger partial charge in [-0.3, -0.25) is 0 Å². The van der Waals surface area contributed by atoms with Crippen molar-refractivity contribution in [3.8, 4) is 11.3 Å². The molecule has 16 heavy (non-hydrogen) atoms. The first-order chi connectivity index (χ1) is 7.72. The van der Waals surface area contributed by atoms with Crippen LogP contribution in [0.4, 0.5) is 0 Å². The molecule has 1 aromatic carbocycles. The predicted molar refractivity (Wildman–Crippen MR) is 63.7 cm³/mol. The van der Waals surface area contributed by atoms with Crippen molar-refractivity contribution < 1.29 is 4.42 Å². The van der Waals surface area contributed by atoms with E-state index in [9.17, 15) is 0 Å². The van der Waals surface area contributed by atoms with Crippen LogP contribution in [0.2, 0.25) is 0 Å². The number of fused-ring (bicyclic) bond motifs is 1. The van der Waals surface area contributed by atoms with Crippen molar-refractivity contribution in [1.82, 2.24) is 15.0 Å². The molecule has 0 aliphatic carbocycles. The van der Waals surface area contributed by atoms with E-state index in [2.05, 4.69) is 15.0 Å². The zero-order chi connectivity index (χ0) is 11.1. The average molecular weight is 231 g/mol. The molecule has 3 aromatic rings. The van der Waals surface area contributed by atoms with E-state index < -0.39 is 0 Å². The van der Waals surface area contributed by atoms with E-state index in [1.165, 1.54) is 0 Å². The van der Waals surface area contributed by atoms with E-state index in [1.54, 1.807) is 0 Å². The van der Waals surface area contributed by atoms with Crippen molar-refractivity contribution in [2.75, 3.05) is 0 Å². The summed E-state index contributed by atoms with van der Waals surface area (Å²) in [4.78, 5) is 10.3. The quantitative estimate of drug-likeness (QED) is 0.632. The van der Waals surface area contributed by atoms with Crippen molar-refractivity contribution in [1.29, 1.82) is 0 Å².